The Labute approximate surface area is 116 Å². The molecule has 1 aromatic rings. The number of ether oxygens (including phenoxy) is 1. The van der Waals surface area contributed by atoms with Crippen molar-refractivity contribution in [1.82, 2.24) is 0 Å². The van der Waals surface area contributed by atoms with Crippen molar-refractivity contribution in [2.45, 2.75) is 38.7 Å². The van der Waals surface area contributed by atoms with E-state index in [1.165, 1.54) is 0 Å². The van der Waals surface area contributed by atoms with Crippen LogP contribution in [0, 0.1) is 11.2 Å². The molecule has 0 aromatic heterocycles. The summed E-state index contributed by atoms with van der Waals surface area (Å²) in [7, 11) is 0. The highest BCUT2D eigenvalue weighted by Gasteiger charge is 2.78. The standard InChI is InChI=1S/C13H13F7O/c1-10(2,3)11(12(15,16)17,13(18,19)20)21-9-6-4-8(14)5-7-9/h4-7H,1-3H3. The summed E-state index contributed by atoms with van der Waals surface area (Å²) in [6.45, 7) is 2.33. The van der Waals surface area contributed by atoms with Gasteiger partial charge in [0.1, 0.15) is 11.6 Å². The molecule has 0 amide bonds. The van der Waals surface area contributed by atoms with Crippen LogP contribution in [-0.4, -0.2) is 18.0 Å². The van der Waals surface area contributed by atoms with E-state index in [-0.39, 0.29) is 0 Å². The van der Waals surface area contributed by atoms with Gasteiger partial charge in [-0.05, 0) is 24.3 Å². The van der Waals surface area contributed by atoms with Crippen LogP contribution < -0.4 is 4.74 Å². The van der Waals surface area contributed by atoms with Gasteiger partial charge >= 0.3 is 18.0 Å². The number of hydrogen-bond donors (Lipinski definition) is 0. The highest BCUT2D eigenvalue weighted by Crippen LogP contribution is 2.55. The van der Waals surface area contributed by atoms with Crippen molar-refractivity contribution in [2.75, 3.05) is 0 Å². The Hall–Kier alpha value is -1.47. The van der Waals surface area contributed by atoms with Crippen LogP contribution in [0.3, 0.4) is 0 Å². The first-order valence-corrected chi connectivity index (χ1v) is 5.80. The van der Waals surface area contributed by atoms with E-state index in [0.29, 0.717) is 12.1 Å². The predicted molar refractivity (Wildman–Crippen MR) is 61.3 cm³/mol. The highest BCUT2D eigenvalue weighted by atomic mass is 19.4. The van der Waals surface area contributed by atoms with Crippen molar-refractivity contribution >= 4 is 0 Å². The van der Waals surface area contributed by atoms with E-state index in [9.17, 15) is 30.7 Å². The Balaban J connectivity index is 3.47. The first-order chi connectivity index (χ1) is 9.22. The molecule has 0 saturated heterocycles. The summed E-state index contributed by atoms with van der Waals surface area (Å²) in [5.41, 5.74) is -6.75. The molecule has 0 aliphatic rings. The summed E-state index contributed by atoms with van der Waals surface area (Å²) in [6.07, 6.45) is -11.4. The zero-order valence-corrected chi connectivity index (χ0v) is 11.4. The zero-order chi connectivity index (χ0) is 16.7. The Morgan fingerprint density at radius 1 is 0.762 bits per heavy atom. The maximum atomic E-state index is 13.2. The zero-order valence-electron chi connectivity index (χ0n) is 11.4. The van der Waals surface area contributed by atoms with E-state index < -0.39 is 34.9 Å². The molecule has 0 aliphatic carbocycles. The molecule has 1 aromatic carbocycles. The third kappa shape index (κ3) is 3.08. The molecule has 0 N–H and O–H groups in total. The van der Waals surface area contributed by atoms with Gasteiger partial charge in [0.05, 0.1) is 0 Å². The van der Waals surface area contributed by atoms with Crippen LogP contribution in [0.15, 0.2) is 24.3 Å². The molecule has 0 saturated carbocycles. The van der Waals surface area contributed by atoms with Gasteiger partial charge in [-0.25, -0.2) is 4.39 Å². The molecule has 0 bridgehead atoms. The lowest BCUT2D eigenvalue weighted by Gasteiger charge is -2.45. The van der Waals surface area contributed by atoms with Gasteiger partial charge < -0.3 is 4.74 Å². The van der Waals surface area contributed by atoms with Crippen LogP contribution in [0.25, 0.3) is 0 Å². The Morgan fingerprint density at radius 2 is 1.14 bits per heavy atom. The lowest BCUT2D eigenvalue weighted by molar-refractivity contribution is -0.386. The van der Waals surface area contributed by atoms with Crippen molar-refractivity contribution in [3.63, 3.8) is 0 Å². The maximum absolute atomic E-state index is 13.2. The molecule has 1 rings (SSSR count). The van der Waals surface area contributed by atoms with Gasteiger partial charge in [-0.15, -0.1) is 0 Å². The van der Waals surface area contributed by atoms with Crippen molar-refractivity contribution < 1.29 is 35.5 Å². The molecule has 21 heavy (non-hydrogen) atoms. The molecule has 0 radical (unpaired) electrons. The third-order valence-electron chi connectivity index (χ3n) is 2.94. The fraction of sp³-hybridized carbons (Fsp3) is 0.538. The minimum atomic E-state index is -5.71. The van der Waals surface area contributed by atoms with Gasteiger partial charge in [-0.3, -0.25) is 0 Å². The van der Waals surface area contributed by atoms with Crippen LogP contribution in [0.1, 0.15) is 20.8 Å². The molecule has 0 spiro atoms. The molecule has 0 unspecified atom stereocenters. The van der Waals surface area contributed by atoms with E-state index in [0.717, 1.165) is 32.9 Å². The largest absolute Gasteiger partial charge is 0.468 e. The second-order valence-electron chi connectivity index (χ2n) is 5.48. The lowest BCUT2D eigenvalue weighted by atomic mass is 9.75. The molecule has 8 heteroatoms. The molecule has 0 heterocycles. The minimum absolute atomic E-state index is 0.716. The second kappa shape index (κ2) is 5.06. The van der Waals surface area contributed by atoms with Gasteiger partial charge in [0.25, 0.3) is 0 Å². The second-order valence-corrected chi connectivity index (χ2v) is 5.48. The first-order valence-electron chi connectivity index (χ1n) is 5.80. The molecule has 1 nitrogen and oxygen atoms in total. The first kappa shape index (κ1) is 17.6. The van der Waals surface area contributed by atoms with E-state index in [2.05, 4.69) is 4.74 Å². The molecule has 0 fully saturated rings. The van der Waals surface area contributed by atoms with E-state index in [1.807, 2.05) is 0 Å². The average molecular weight is 318 g/mol. The Kier molecular flexibility index (Phi) is 4.24. The number of rotatable bonds is 2. The van der Waals surface area contributed by atoms with Gasteiger partial charge in [-0.1, -0.05) is 20.8 Å². The summed E-state index contributed by atoms with van der Waals surface area (Å²) < 4.78 is 96.3. The van der Waals surface area contributed by atoms with Crippen LogP contribution in [0.4, 0.5) is 30.7 Å². The van der Waals surface area contributed by atoms with Crippen molar-refractivity contribution in [1.29, 1.82) is 0 Å². The number of halogens is 7. The third-order valence-corrected chi connectivity index (χ3v) is 2.94. The van der Waals surface area contributed by atoms with Crippen molar-refractivity contribution in [2.24, 2.45) is 5.41 Å². The highest BCUT2D eigenvalue weighted by molar-refractivity contribution is 5.25. The molecule has 120 valence electrons. The smallest absolute Gasteiger partial charge is 0.438 e. The number of benzene rings is 1. The summed E-state index contributed by atoms with van der Waals surface area (Å²) in [5, 5.41) is 0. The predicted octanol–water partition coefficient (Wildman–Crippen LogP) is 5.11. The normalized spacial score (nSPS) is 14.2. The van der Waals surface area contributed by atoms with Gasteiger partial charge in [0, 0.05) is 5.41 Å². The maximum Gasteiger partial charge on any atom is 0.438 e. The minimum Gasteiger partial charge on any atom is -0.468 e. The fourth-order valence-corrected chi connectivity index (χ4v) is 1.96. The van der Waals surface area contributed by atoms with Gasteiger partial charge in [0.2, 0.25) is 0 Å². The van der Waals surface area contributed by atoms with Crippen LogP contribution in [-0.2, 0) is 0 Å². The fourth-order valence-electron chi connectivity index (χ4n) is 1.96. The number of alkyl halides is 6. The van der Waals surface area contributed by atoms with Gasteiger partial charge in [0.15, 0.2) is 0 Å². The molecular formula is C13H13F7O. The number of hydrogen-bond acceptors (Lipinski definition) is 1. The summed E-state index contributed by atoms with van der Waals surface area (Å²) >= 11 is 0. The monoisotopic (exact) mass is 318 g/mol. The van der Waals surface area contributed by atoms with E-state index in [4.69, 9.17) is 0 Å². The summed E-state index contributed by atoms with van der Waals surface area (Å²) in [6, 6.07) is 2.87. The molecular weight excluding hydrogens is 305 g/mol. The lowest BCUT2D eigenvalue weighted by Crippen LogP contribution is -2.68. The van der Waals surface area contributed by atoms with Crippen molar-refractivity contribution in [3.8, 4) is 5.75 Å². The van der Waals surface area contributed by atoms with Crippen molar-refractivity contribution in [3.05, 3.63) is 30.1 Å². The van der Waals surface area contributed by atoms with E-state index >= 15 is 0 Å². The Morgan fingerprint density at radius 3 is 1.43 bits per heavy atom. The van der Waals surface area contributed by atoms with Crippen LogP contribution in [0.2, 0.25) is 0 Å². The average Bonchev–Trinajstić information content (AvgIpc) is 2.22. The summed E-state index contributed by atoms with van der Waals surface area (Å²) in [5.74, 6) is -1.52. The summed E-state index contributed by atoms with van der Waals surface area (Å²) in [4.78, 5) is 0. The van der Waals surface area contributed by atoms with E-state index in [1.54, 1.807) is 0 Å². The van der Waals surface area contributed by atoms with Gasteiger partial charge in [-0.2, -0.15) is 26.3 Å². The Bertz CT molecular complexity index is 443. The molecule has 0 atom stereocenters. The van der Waals surface area contributed by atoms with Crippen LogP contribution in [0.5, 0.6) is 5.75 Å². The topological polar surface area (TPSA) is 9.23 Å². The SMILES string of the molecule is CC(C)(C)C(Oc1ccc(F)cc1)(C(F)(F)F)C(F)(F)F. The quantitative estimate of drug-likeness (QED) is 0.688. The van der Waals surface area contributed by atoms with Crippen LogP contribution >= 0.6 is 0 Å². The molecule has 0 aliphatic heterocycles.